The highest BCUT2D eigenvalue weighted by Gasteiger charge is 2.47. The second kappa shape index (κ2) is 8.81. The van der Waals surface area contributed by atoms with Crippen LogP contribution in [0.2, 0.25) is 0 Å². The molecule has 2 saturated heterocycles. The van der Waals surface area contributed by atoms with Gasteiger partial charge in [-0.25, -0.2) is 0 Å². The summed E-state index contributed by atoms with van der Waals surface area (Å²) >= 11 is 0. The maximum Gasteiger partial charge on any atom is 0.234 e. The molecule has 1 N–H and O–H groups in total. The van der Waals surface area contributed by atoms with Crippen LogP contribution in [-0.4, -0.2) is 83.1 Å². The van der Waals surface area contributed by atoms with E-state index < -0.39 is 0 Å². The highest BCUT2D eigenvalue weighted by molar-refractivity contribution is 6.05. The molecule has 4 amide bonds. The van der Waals surface area contributed by atoms with E-state index in [-0.39, 0.29) is 54.0 Å². The van der Waals surface area contributed by atoms with Gasteiger partial charge in [-0.05, 0) is 33.6 Å². The van der Waals surface area contributed by atoms with Gasteiger partial charge in [0.1, 0.15) is 0 Å². The van der Waals surface area contributed by atoms with E-state index in [2.05, 4.69) is 5.32 Å². The molecular weight excluding hydrogens is 372 g/mol. The highest BCUT2D eigenvalue weighted by Crippen LogP contribution is 2.38. The largest absolute Gasteiger partial charge is 0.350 e. The second-order valence-electron chi connectivity index (χ2n) is 9.53. The Kier molecular flexibility index (Phi) is 6.61. The third-order valence-corrected chi connectivity index (χ3v) is 6.09. The van der Waals surface area contributed by atoms with E-state index in [1.54, 1.807) is 4.90 Å². The van der Waals surface area contributed by atoms with Gasteiger partial charge in [-0.2, -0.15) is 0 Å². The number of hydrogen-bond donors (Lipinski definition) is 1. The Bertz CT molecular complexity index is 640. The van der Waals surface area contributed by atoms with Crippen LogP contribution in [0.1, 0.15) is 52.9 Å². The van der Waals surface area contributed by atoms with Crippen molar-refractivity contribution in [2.24, 2.45) is 11.8 Å². The lowest BCUT2D eigenvalue weighted by atomic mass is 9.81. The minimum absolute atomic E-state index is 0.00944. The van der Waals surface area contributed by atoms with Crippen molar-refractivity contribution >= 4 is 23.6 Å². The Labute approximate surface area is 172 Å². The highest BCUT2D eigenvalue weighted by atomic mass is 16.2. The van der Waals surface area contributed by atoms with E-state index in [1.165, 1.54) is 4.90 Å². The Balaban J connectivity index is 1.42. The number of likely N-dealkylation sites (tertiary alicyclic amines) is 1. The van der Waals surface area contributed by atoms with Crippen molar-refractivity contribution < 1.29 is 19.2 Å². The summed E-state index contributed by atoms with van der Waals surface area (Å²) in [5.74, 6) is -0.517. The quantitative estimate of drug-likeness (QED) is 0.676. The first kappa shape index (κ1) is 21.7. The Morgan fingerprint density at radius 1 is 0.966 bits per heavy atom. The Morgan fingerprint density at radius 3 is 2.03 bits per heavy atom. The van der Waals surface area contributed by atoms with Crippen molar-refractivity contribution in [1.82, 2.24) is 20.0 Å². The number of fused-ring (bicyclic) bond motifs is 1. The molecular formula is C21H34N4O4. The number of imide groups is 1. The third kappa shape index (κ3) is 5.35. The summed E-state index contributed by atoms with van der Waals surface area (Å²) in [6.45, 7) is 8.80. The molecule has 162 valence electrons. The zero-order valence-electron chi connectivity index (χ0n) is 17.9. The first-order valence-corrected chi connectivity index (χ1v) is 10.8. The van der Waals surface area contributed by atoms with Gasteiger partial charge < -0.3 is 10.2 Å². The average molecular weight is 407 g/mol. The van der Waals surface area contributed by atoms with Gasteiger partial charge in [-0.15, -0.1) is 0 Å². The maximum absolute atomic E-state index is 12.6. The number of carbonyl (C=O) groups excluding carboxylic acids is 4. The summed E-state index contributed by atoms with van der Waals surface area (Å²) in [6, 6.07) is 0. The van der Waals surface area contributed by atoms with E-state index in [4.69, 9.17) is 0 Å². The van der Waals surface area contributed by atoms with Crippen LogP contribution in [0.3, 0.4) is 0 Å². The Morgan fingerprint density at radius 2 is 1.52 bits per heavy atom. The van der Waals surface area contributed by atoms with Gasteiger partial charge in [0, 0.05) is 44.7 Å². The smallest absolute Gasteiger partial charge is 0.234 e. The van der Waals surface area contributed by atoms with E-state index in [9.17, 15) is 19.2 Å². The number of nitrogens with zero attached hydrogens (tertiary/aromatic N) is 3. The monoisotopic (exact) mass is 406 g/mol. The fraction of sp³-hybridized carbons (Fsp3) is 0.810. The molecule has 29 heavy (non-hydrogen) atoms. The van der Waals surface area contributed by atoms with Crippen molar-refractivity contribution in [1.29, 1.82) is 0 Å². The number of piperazine rings is 1. The summed E-state index contributed by atoms with van der Waals surface area (Å²) in [4.78, 5) is 54.8. The predicted octanol–water partition coefficient (Wildman–Crippen LogP) is 0.611. The van der Waals surface area contributed by atoms with Gasteiger partial charge in [0.2, 0.25) is 23.6 Å². The van der Waals surface area contributed by atoms with E-state index in [0.29, 0.717) is 32.7 Å². The van der Waals surface area contributed by atoms with Gasteiger partial charge in [0.15, 0.2) is 0 Å². The van der Waals surface area contributed by atoms with Crippen LogP contribution in [0.4, 0.5) is 0 Å². The molecule has 0 aromatic rings. The molecule has 8 nitrogen and oxygen atoms in total. The number of amides is 4. The fourth-order valence-corrected chi connectivity index (χ4v) is 4.63. The van der Waals surface area contributed by atoms with Crippen LogP contribution in [0.25, 0.3) is 0 Å². The first-order valence-electron chi connectivity index (χ1n) is 10.8. The topological polar surface area (TPSA) is 90.0 Å². The van der Waals surface area contributed by atoms with Crippen molar-refractivity contribution in [2.75, 3.05) is 39.3 Å². The molecule has 3 aliphatic rings. The number of hydrogen-bond acceptors (Lipinski definition) is 5. The lowest BCUT2D eigenvalue weighted by molar-refractivity contribution is -0.141. The van der Waals surface area contributed by atoms with Gasteiger partial charge in [-0.3, -0.25) is 29.0 Å². The molecule has 2 unspecified atom stereocenters. The van der Waals surface area contributed by atoms with Crippen LogP contribution in [-0.2, 0) is 19.2 Å². The van der Waals surface area contributed by atoms with E-state index in [1.807, 2.05) is 25.7 Å². The van der Waals surface area contributed by atoms with Crippen molar-refractivity contribution in [3.63, 3.8) is 0 Å². The normalized spacial score (nSPS) is 25.9. The maximum atomic E-state index is 12.6. The van der Waals surface area contributed by atoms with Crippen LogP contribution in [0.5, 0.6) is 0 Å². The summed E-state index contributed by atoms with van der Waals surface area (Å²) < 4.78 is 0. The van der Waals surface area contributed by atoms with Crippen LogP contribution >= 0.6 is 0 Å². The first-order chi connectivity index (χ1) is 13.7. The van der Waals surface area contributed by atoms with Crippen LogP contribution < -0.4 is 5.32 Å². The summed E-state index contributed by atoms with van der Waals surface area (Å²) in [5.41, 5.74) is -0.253. The molecule has 2 aliphatic heterocycles. The molecule has 0 aromatic heterocycles. The van der Waals surface area contributed by atoms with E-state index >= 15 is 0 Å². The van der Waals surface area contributed by atoms with Crippen molar-refractivity contribution in [3.8, 4) is 0 Å². The summed E-state index contributed by atoms with van der Waals surface area (Å²) in [5, 5.41) is 2.95. The summed E-state index contributed by atoms with van der Waals surface area (Å²) in [7, 11) is 0. The molecule has 1 aliphatic carbocycles. The lowest BCUT2D eigenvalue weighted by Crippen LogP contribution is -2.53. The molecule has 3 fully saturated rings. The van der Waals surface area contributed by atoms with Crippen molar-refractivity contribution in [2.45, 2.75) is 58.4 Å². The van der Waals surface area contributed by atoms with Crippen molar-refractivity contribution in [3.05, 3.63) is 0 Å². The molecule has 1 saturated carbocycles. The predicted molar refractivity (Wildman–Crippen MR) is 108 cm³/mol. The van der Waals surface area contributed by atoms with Gasteiger partial charge in [0.25, 0.3) is 0 Å². The average Bonchev–Trinajstić information content (AvgIpc) is 2.90. The Hall–Kier alpha value is -1.96. The molecule has 3 rings (SSSR count). The summed E-state index contributed by atoms with van der Waals surface area (Å²) in [6.07, 6.45) is 3.78. The SMILES string of the molecule is CC(C)(C)NC(=O)CN1CCN(C(=O)CCN2C(=O)C3CCCCC3C2=O)CC1. The zero-order valence-corrected chi connectivity index (χ0v) is 17.9. The van der Waals surface area contributed by atoms with Crippen LogP contribution in [0, 0.1) is 11.8 Å². The lowest BCUT2D eigenvalue weighted by Gasteiger charge is -2.35. The zero-order chi connectivity index (χ0) is 21.2. The molecule has 2 heterocycles. The van der Waals surface area contributed by atoms with Gasteiger partial charge in [-0.1, -0.05) is 12.8 Å². The molecule has 0 radical (unpaired) electrons. The second-order valence-corrected chi connectivity index (χ2v) is 9.53. The van der Waals surface area contributed by atoms with Gasteiger partial charge >= 0.3 is 0 Å². The molecule has 0 aromatic carbocycles. The number of nitrogens with one attached hydrogen (secondary N) is 1. The van der Waals surface area contributed by atoms with E-state index in [0.717, 1.165) is 25.7 Å². The van der Waals surface area contributed by atoms with Crippen LogP contribution in [0.15, 0.2) is 0 Å². The number of carbonyl (C=O) groups is 4. The molecule has 0 spiro atoms. The minimum Gasteiger partial charge on any atom is -0.350 e. The minimum atomic E-state index is -0.253. The number of rotatable bonds is 5. The van der Waals surface area contributed by atoms with Gasteiger partial charge in [0.05, 0.1) is 18.4 Å². The third-order valence-electron chi connectivity index (χ3n) is 6.09. The molecule has 8 heteroatoms. The fourth-order valence-electron chi connectivity index (χ4n) is 4.63. The molecule has 0 bridgehead atoms. The molecule has 2 atom stereocenters. The standard InChI is InChI=1S/C21H34N4O4/c1-21(2,3)22-17(26)14-23-10-12-24(13-11-23)18(27)8-9-25-19(28)15-6-4-5-7-16(15)20(25)29/h15-16H,4-14H2,1-3H3,(H,22,26).